The second-order valence-corrected chi connectivity index (χ2v) is 4.32. The second kappa shape index (κ2) is 5.66. The molecule has 1 atom stereocenters. The number of aryl methyl sites for hydroxylation is 2. The first kappa shape index (κ1) is 14.2. The van der Waals surface area contributed by atoms with Crippen molar-refractivity contribution in [3.63, 3.8) is 0 Å². The lowest BCUT2D eigenvalue weighted by Gasteiger charge is -2.13. The zero-order valence-corrected chi connectivity index (χ0v) is 11.1. The number of hydrogen-bond acceptors (Lipinski definition) is 3. The molecule has 6 heteroatoms. The van der Waals surface area contributed by atoms with E-state index in [1.807, 2.05) is 6.92 Å². The van der Waals surface area contributed by atoms with E-state index in [0.717, 1.165) is 5.69 Å². The van der Waals surface area contributed by atoms with Gasteiger partial charge in [-0.3, -0.25) is 9.48 Å². The first-order valence-corrected chi connectivity index (χ1v) is 5.92. The van der Waals surface area contributed by atoms with Gasteiger partial charge in [0.1, 0.15) is 6.04 Å². The van der Waals surface area contributed by atoms with Gasteiger partial charge < -0.3 is 10.4 Å². The van der Waals surface area contributed by atoms with E-state index < -0.39 is 12.0 Å². The van der Waals surface area contributed by atoms with Crippen molar-refractivity contribution in [1.29, 1.82) is 0 Å². The zero-order valence-electron chi connectivity index (χ0n) is 11.1. The highest BCUT2D eigenvalue weighted by molar-refractivity contribution is 5.98. The van der Waals surface area contributed by atoms with Crippen LogP contribution in [0, 0.1) is 13.8 Å². The van der Waals surface area contributed by atoms with Crippen molar-refractivity contribution in [2.75, 3.05) is 0 Å². The summed E-state index contributed by atoms with van der Waals surface area (Å²) in [6.45, 7) is 5.39. The molecule has 1 rings (SSSR count). The maximum absolute atomic E-state index is 12.1. The van der Waals surface area contributed by atoms with Gasteiger partial charge in [-0.15, -0.1) is 0 Å². The van der Waals surface area contributed by atoms with Crippen LogP contribution < -0.4 is 5.32 Å². The Balaban J connectivity index is 2.90. The van der Waals surface area contributed by atoms with Gasteiger partial charge in [0.05, 0.1) is 11.3 Å². The fourth-order valence-electron chi connectivity index (χ4n) is 1.88. The van der Waals surface area contributed by atoms with Crippen LogP contribution in [-0.2, 0) is 11.8 Å². The van der Waals surface area contributed by atoms with Crippen LogP contribution in [0.1, 0.15) is 41.5 Å². The molecule has 0 aliphatic rings. The number of aromatic nitrogens is 2. The van der Waals surface area contributed by atoms with E-state index in [9.17, 15) is 9.59 Å². The fourth-order valence-corrected chi connectivity index (χ4v) is 1.88. The Morgan fingerprint density at radius 2 is 2.06 bits per heavy atom. The van der Waals surface area contributed by atoms with Crippen LogP contribution in [0.5, 0.6) is 0 Å². The Morgan fingerprint density at radius 3 is 2.44 bits per heavy atom. The van der Waals surface area contributed by atoms with E-state index in [-0.39, 0.29) is 5.91 Å². The molecule has 1 amide bonds. The summed E-state index contributed by atoms with van der Waals surface area (Å²) < 4.78 is 1.61. The fraction of sp³-hybridized carbons (Fsp3) is 0.583. The molecule has 1 heterocycles. The Hall–Kier alpha value is -1.85. The Bertz CT molecular complexity index is 465. The molecule has 0 aliphatic heterocycles. The molecule has 0 unspecified atom stereocenters. The molecule has 0 saturated heterocycles. The third-order valence-electron chi connectivity index (χ3n) is 2.92. The van der Waals surface area contributed by atoms with Crippen molar-refractivity contribution < 1.29 is 14.7 Å². The number of nitrogens with zero attached hydrogens (tertiary/aromatic N) is 2. The number of carboxylic acid groups (broad SMARTS) is 1. The smallest absolute Gasteiger partial charge is 0.326 e. The average molecular weight is 253 g/mol. The van der Waals surface area contributed by atoms with Gasteiger partial charge in [-0.25, -0.2) is 4.79 Å². The highest BCUT2D eigenvalue weighted by atomic mass is 16.4. The summed E-state index contributed by atoms with van der Waals surface area (Å²) in [6.07, 6.45) is 1.11. The van der Waals surface area contributed by atoms with Gasteiger partial charge in [0.15, 0.2) is 0 Å². The summed E-state index contributed by atoms with van der Waals surface area (Å²) in [7, 11) is 1.75. The Kier molecular flexibility index (Phi) is 4.47. The maximum Gasteiger partial charge on any atom is 0.326 e. The van der Waals surface area contributed by atoms with E-state index in [1.165, 1.54) is 0 Å². The molecule has 100 valence electrons. The SMILES string of the molecule is CCC[C@H](NC(=O)c1c(C)nn(C)c1C)C(=O)O. The number of hydrogen-bond donors (Lipinski definition) is 2. The number of nitrogens with one attached hydrogen (secondary N) is 1. The van der Waals surface area contributed by atoms with Gasteiger partial charge in [0, 0.05) is 12.7 Å². The minimum absolute atomic E-state index is 0.376. The van der Waals surface area contributed by atoms with Crippen LogP contribution in [-0.4, -0.2) is 32.8 Å². The summed E-state index contributed by atoms with van der Waals surface area (Å²) >= 11 is 0. The summed E-state index contributed by atoms with van der Waals surface area (Å²) in [4.78, 5) is 23.1. The molecule has 0 saturated carbocycles. The molecule has 1 aromatic rings. The quantitative estimate of drug-likeness (QED) is 0.820. The predicted molar refractivity (Wildman–Crippen MR) is 66.5 cm³/mol. The van der Waals surface area contributed by atoms with Crippen LogP contribution >= 0.6 is 0 Å². The molecule has 2 N–H and O–H groups in total. The van der Waals surface area contributed by atoms with E-state index >= 15 is 0 Å². The molecular weight excluding hydrogens is 234 g/mol. The summed E-state index contributed by atoms with van der Waals surface area (Å²) in [6, 6.07) is -0.846. The molecule has 0 fully saturated rings. The van der Waals surface area contributed by atoms with Crippen LogP contribution in [0.15, 0.2) is 0 Å². The first-order chi connectivity index (χ1) is 8.38. The number of carboxylic acids is 1. The number of amides is 1. The van der Waals surface area contributed by atoms with Gasteiger partial charge in [-0.2, -0.15) is 5.10 Å². The van der Waals surface area contributed by atoms with Crippen molar-refractivity contribution in [3.8, 4) is 0 Å². The second-order valence-electron chi connectivity index (χ2n) is 4.32. The van der Waals surface area contributed by atoms with Gasteiger partial charge in [-0.1, -0.05) is 13.3 Å². The van der Waals surface area contributed by atoms with Gasteiger partial charge in [0.25, 0.3) is 5.91 Å². The molecular formula is C12H19N3O3. The lowest BCUT2D eigenvalue weighted by Crippen LogP contribution is -2.41. The molecule has 0 bridgehead atoms. The summed E-state index contributed by atoms with van der Waals surface area (Å²) in [5.74, 6) is -1.39. The largest absolute Gasteiger partial charge is 0.480 e. The molecule has 0 spiro atoms. The average Bonchev–Trinajstić information content (AvgIpc) is 2.52. The van der Waals surface area contributed by atoms with Crippen molar-refractivity contribution >= 4 is 11.9 Å². The molecule has 0 radical (unpaired) electrons. The van der Waals surface area contributed by atoms with Crippen LogP contribution in [0.25, 0.3) is 0 Å². The Morgan fingerprint density at radius 1 is 1.44 bits per heavy atom. The van der Waals surface area contributed by atoms with E-state index in [2.05, 4.69) is 10.4 Å². The zero-order chi connectivity index (χ0) is 13.9. The minimum Gasteiger partial charge on any atom is -0.480 e. The lowest BCUT2D eigenvalue weighted by atomic mass is 10.1. The topological polar surface area (TPSA) is 84.2 Å². The highest BCUT2D eigenvalue weighted by Gasteiger charge is 2.23. The Labute approximate surface area is 106 Å². The first-order valence-electron chi connectivity index (χ1n) is 5.92. The van der Waals surface area contributed by atoms with Crippen molar-refractivity contribution in [2.45, 2.75) is 39.7 Å². The molecule has 6 nitrogen and oxygen atoms in total. The number of carbonyl (C=O) groups is 2. The standard InChI is InChI=1S/C12H19N3O3/c1-5-6-9(12(17)18)13-11(16)10-7(2)14-15(4)8(10)3/h9H,5-6H2,1-4H3,(H,13,16)(H,17,18)/t9-/m0/s1. The normalized spacial score (nSPS) is 12.2. The predicted octanol–water partition coefficient (Wildman–Crippen LogP) is 1.02. The monoisotopic (exact) mass is 253 g/mol. The van der Waals surface area contributed by atoms with E-state index in [0.29, 0.717) is 24.1 Å². The van der Waals surface area contributed by atoms with Crippen LogP contribution in [0.3, 0.4) is 0 Å². The van der Waals surface area contributed by atoms with Gasteiger partial charge in [0.2, 0.25) is 0 Å². The van der Waals surface area contributed by atoms with E-state index in [1.54, 1.807) is 25.6 Å². The summed E-state index contributed by atoms with van der Waals surface area (Å²) in [5, 5.41) is 15.7. The molecule has 1 aromatic heterocycles. The van der Waals surface area contributed by atoms with Crippen molar-refractivity contribution in [3.05, 3.63) is 17.0 Å². The third-order valence-corrected chi connectivity index (χ3v) is 2.92. The molecule has 0 aromatic carbocycles. The molecule has 0 aliphatic carbocycles. The molecule has 18 heavy (non-hydrogen) atoms. The van der Waals surface area contributed by atoms with Gasteiger partial charge in [-0.05, 0) is 20.3 Å². The number of carbonyl (C=O) groups excluding carboxylic acids is 1. The summed E-state index contributed by atoms with van der Waals surface area (Å²) in [5.41, 5.74) is 1.79. The third kappa shape index (κ3) is 2.88. The van der Waals surface area contributed by atoms with Crippen molar-refractivity contribution in [2.24, 2.45) is 7.05 Å². The van der Waals surface area contributed by atoms with Crippen LogP contribution in [0.2, 0.25) is 0 Å². The van der Waals surface area contributed by atoms with E-state index in [4.69, 9.17) is 5.11 Å². The van der Waals surface area contributed by atoms with Gasteiger partial charge >= 0.3 is 5.97 Å². The maximum atomic E-state index is 12.1. The van der Waals surface area contributed by atoms with Crippen LogP contribution in [0.4, 0.5) is 0 Å². The highest BCUT2D eigenvalue weighted by Crippen LogP contribution is 2.12. The van der Waals surface area contributed by atoms with Crippen molar-refractivity contribution in [1.82, 2.24) is 15.1 Å². The lowest BCUT2D eigenvalue weighted by molar-refractivity contribution is -0.139. The minimum atomic E-state index is -1.01. The number of aliphatic carboxylic acids is 1. The number of rotatable bonds is 5.